The lowest BCUT2D eigenvalue weighted by Gasteiger charge is -2.20. The highest BCUT2D eigenvalue weighted by Gasteiger charge is 2.27. The van der Waals surface area contributed by atoms with Gasteiger partial charge in [-0.3, -0.25) is 18.6 Å². The Kier molecular flexibility index (Phi) is 37.4. The lowest BCUT2D eigenvalue weighted by atomic mass is 10.0. The first-order valence-corrected chi connectivity index (χ1v) is 22.9. The van der Waals surface area contributed by atoms with Crippen LogP contribution in [0, 0.1) is 0 Å². The maximum atomic E-state index is 12.6. The first kappa shape index (κ1) is 54.6. The summed E-state index contributed by atoms with van der Waals surface area (Å²) in [6.07, 6.45) is 36.3. The first-order valence-electron chi connectivity index (χ1n) is 21.4. The summed E-state index contributed by atoms with van der Waals surface area (Å²) in [5, 5.41) is 37.6. The number of carbonyl (C=O) groups is 2. The maximum Gasteiger partial charge on any atom is 0.472 e. The fourth-order valence-electron chi connectivity index (χ4n) is 5.42. The number of hydrogen-bond acceptors (Lipinski definition) is 11. The number of ether oxygens (including phenoxy) is 2. The molecule has 0 bridgehead atoms. The second-order valence-corrected chi connectivity index (χ2v) is 15.8. The van der Waals surface area contributed by atoms with E-state index in [0.717, 1.165) is 38.5 Å². The number of carbonyl (C=O) groups excluding carboxylic acids is 2. The van der Waals surface area contributed by atoms with Crippen molar-refractivity contribution < 1.29 is 58.0 Å². The van der Waals surface area contributed by atoms with Crippen LogP contribution < -0.4 is 0 Å². The van der Waals surface area contributed by atoms with E-state index >= 15 is 0 Å². The van der Waals surface area contributed by atoms with Crippen molar-refractivity contribution in [1.82, 2.24) is 0 Å². The van der Waals surface area contributed by atoms with E-state index in [0.29, 0.717) is 32.1 Å². The normalized spacial score (nSPS) is 15.6. The summed E-state index contributed by atoms with van der Waals surface area (Å²) < 4.78 is 32.6. The minimum Gasteiger partial charge on any atom is -0.462 e. The van der Waals surface area contributed by atoms with E-state index in [2.05, 4.69) is 41.8 Å². The van der Waals surface area contributed by atoms with Gasteiger partial charge in [-0.25, -0.2) is 4.57 Å². The summed E-state index contributed by atoms with van der Waals surface area (Å²) in [6.45, 7) is 1.82. The molecular formula is C44H77O12P. The summed E-state index contributed by atoms with van der Waals surface area (Å²) in [5.74, 6) is -1.05. The van der Waals surface area contributed by atoms with Crippen molar-refractivity contribution in [1.29, 1.82) is 0 Å². The quantitative estimate of drug-likeness (QED) is 0.0171. The molecule has 5 atom stereocenters. The number of rotatable bonds is 39. The molecule has 5 unspecified atom stereocenters. The van der Waals surface area contributed by atoms with Crippen LogP contribution >= 0.6 is 7.82 Å². The molecule has 0 saturated carbocycles. The molecule has 0 radical (unpaired) electrons. The second-order valence-electron chi connectivity index (χ2n) is 14.3. The number of allylic oxidation sites excluding steroid dienone is 9. The smallest absolute Gasteiger partial charge is 0.462 e. The third-order valence-electron chi connectivity index (χ3n) is 8.95. The van der Waals surface area contributed by atoms with E-state index in [1.165, 1.54) is 57.8 Å². The Labute approximate surface area is 343 Å². The zero-order valence-corrected chi connectivity index (χ0v) is 35.9. The number of phosphoric ester groups is 1. The van der Waals surface area contributed by atoms with Crippen molar-refractivity contribution in [3.05, 3.63) is 60.8 Å². The fourth-order valence-corrected chi connectivity index (χ4v) is 6.21. The van der Waals surface area contributed by atoms with Crippen LogP contribution in [-0.2, 0) is 32.7 Å². The Bertz CT molecular complexity index is 1170. The molecule has 0 aromatic heterocycles. The zero-order chi connectivity index (χ0) is 42.2. The minimum atomic E-state index is -4.65. The molecular weight excluding hydrogens is 751 g/mol. The van der Waals surface area contributed by atoms with Crippen LogP contribution in [0.15, 0.2) is 60.8 Å². The zero-order valence-electron chi connectivity index (χ0n) is 35.0. The number of unbranched alkanes of at least 4 members (excludes halogenated alkanes) is 12. The third-order valence-corrected chi connectivity index (χ3v) is 9.91. The van der Waals surface area contributed by atoms with Crippen molar-refractivity contribution in [2.45, 2.75) is 180 Å². The van der Waals surface area contributed by atoms with Gasteiger partial charge in [-0.15, -0.1) is 0 Å². The van der Waals surface area contributed by atoms with Gasteiger partial charge >= 0.3 is 19.8 Å². The number of aliphatic hydroxyl groups is 4. The molecule has 0 amide bonds. The summed E-state index contributed by atoms with van der Waals surface area (Å²) in [5.41, 5.74) is 0. The Morgan fingerprint density at radius 2 is 1.05 bits per heavy atom. The predicted molar refractivity (Wildman–Crippen MR) is 226 cm³/mol. The summed E-state index contributed by atoms with van der Waals surface area (Å²) in [6, 6.07) is 0. The summed E-state index contributed by atoms with van der Waals surface area (Å²) in [7, 11) is -4.65. The second kappa shape index (κ2) is 39.1. The molecule has 5 N–H and O–H groups in total. The van der Waals surface area contributed by atoms with Gasteiger partial charge in [0, 0.05) is 12.8 Å². The molecule has 0 aromatic rings. The van der Waals surface area contributed by atoms with Gasteiger partial charge in [0.15, 0.2) is 6.10 Å². The van der Waals surface area contributed by atoms with E-state index in [4.69, 9.17) is 19.1 Å². The Morgan fingerprint density at radius 3 is 1.56 bits per heavy atom. The average Bonchev–Trinajstić information content (AvgIpc) is 3.20. The monoisotopic (exact) mass is 829 g/mol. The van der Waals surface area contributed by atoms with Gasteiger partial charge in [-0.05, 0) is 51.4 Å². The molecule has 330 valence electrons. The Morgan fingerprint density at radius 1 is 0.579 bits per heavy atom. The van der Waals surface area contributed by atoms with Crippen molar-refractivity contribution in [2.75, 3.05) is 26.4 Å². The molecule has 0 aromatic carbocycles. The van der Waals surface area contributed by atoms with Crippen molar-refractivity contribution in [3.63, 3.8) is 0 Å². The molecule has 13 heteroatoms. The van der Waals surface area contributed by atoms with Crippen LogP contribution in [-0.4, -0.2) is 88.1 Å². The number of phosphoric acid groups is 1. The van der Waals surface area contributed by atoms with Crippen molar-refractivity contribution in [3.8, 4) is 0 Å². The van der Waals surface area contributed by atoms with Crippen LogP contribution in [0.25, 0.3) is 0 Å². The molecule has 0 spiro atoms. The van der Waals surface area contributed by atoms with E-state index in [-0.39, 0.29) is 19.4 Å². The van der Waals surface area contributed by atoms with Crippen LogP contribution in [0.5, 0.6) is 0 Å². The standard InChI is InChI=1S/C44H77O12P/c1-3-5-6-7-8-9-10-14-18-21-24-27-30-33-43(49)53-37-40(38-55-57(51,52)54-36-39(46)35-45)56-44(50)34-31-28-25-22-19-16-13-11-12-15-17-20-23-26-29-32-42(48)41(47)4-2/h11-12,16-17,19-20,25-26,28-29,39-42,45-48H,3-10,13-15,18,21-24,27,30-38H2,1-2H3,(H,51,52)/b12-11+,19-16+,20-17+,28-25+,29-26+. The van der Waals surface area contributed by atoms with Gasteiger partial charge in [-0.1, -0.05) is 152 Å². The summed E-state index contributed by atoms with van der Waals surface area (Å²) >= 11 is 0. The molecule has 57 heavy (non-hydrogen) atoms. The van der Waals surface area contributed by atoms with Crippen molar-refractivity contribution in [2.24, 2.45) is 0 Å². The SMILES string of the molecule is CCCCCCCCCCCCCCCC(=O)OCC(COP(=O)(O)OCC(O)CO)OC(=O)CC/C=C/C/C=C/C/C=C/C/C=C/C/C=C/CC(O)C(O)CC. The van der Waals surface area contributed by atoms with E-state index in [9.17, 15) is 34.4 Å². The van der Waals surface area contributed by atoms with Crippen LogP contribution in [0.3, 0.4) is 0 Å². The van der Waals surface area contributed by atoms with E-state index in [1.54, 1.807) is 0 Å². The van der Waals surface area contributed by atoms with Crippen LogP contribution in [0.1, 0.15) is 155 Å². The number of esters is 2. The average molecular weight is 829 g/mol. The molecule has 0 heterocycles. The Balaban J connectivity index is 4.47. The third kappa shape index (κ3) is 37.6. The number of hydrogen-bond donors (Lipinski definition) is 5. The minimum absolute atomic E-state index is 0.0373. The van der Waals surface area contributed by atoms with Crippen LogP contribution in [0.4, 0.5) is 0 Å². The maximum absolute atomic E-state index is 12.6. The van der Waals surface area contributed by atoms with Gasteiger partial charge in [0.2, 0.25) is 0 Å². The fraction of sp³-hybridized carbons (Fsp3) is 0.727. The van der Waals surface area contributed by atoms with E-state index in [1.807, 2.05) is 37.3 Å². The molecule has 0 fully saturated rings. The van der Waals surface area contributed by atoms with Gasteiger partial charge < -0.3 is 34.8 Å². The topological polar surface area (TPSA) is 189 Å². The van der Waals surface area contributed by atoms with E-state index < -0.39 is 64.0 Å². The Hall–Kier alpha value is -2.41. The molecule has 0 rings (SSSR count). The molecule has 0 aliphatic carbocycles. The summed E-state index contributed by atoms with van der Waals surface area (Å²) in [4.78, 5) is 34.9. The lowest BCUT2D eigenvalue weighted by Crippen LogP contribution is -2.29. The highest BCUT2D eigenvalue weighted by molar-refractivity contribution is 7.47. The predicted octanol–water partition coefficient (Wildman–Crippen LogP) is 9.05. The van der Waals surface area contributed by atoms with Gasteiger partial charge in [0.05, 0.1) is 32.0 Å². The molecule has 0 saturated heterocycles. The molecule has 12 nitrogen and oxygen atoms in total. The highest BCUT2D eigenvalue weighted by Crippen LogP contribution is 2.43. The van der Waals surface area contributed by atoms with Gasteiger partial charge in [0.25, 0.3) is 0 Å². The van der Waals surface area contributed by atoms with Gasteiger partial charge in [0.1, 0.15) is 12.7 Å². The van der Waals surface area contributed by atoms with Crippen LogP contribution in [0.2, 0.25) is 0 Å². The molecule has 0 aliphatic rings. The van der Waals surface area contributed by atoms with Crippen molar-refractivity contribution >= 4 is 19.8 Å². The highest BCUT2D eigenvalue weighted by atomic mass is 31.2. The molecule has 0 aliphatic heterocycles. The first-order chi connectivity index (χ1) is 27.5. The lowest BCUT2D eigenvalue weighted by molar-refractivity contribution is -0.161. The largest absolute Gasteiger partial charge is 0.472 e. The number of aliphatic hydroxyl groups excluding tert-OH is 4. The van der Waals surface area contributed by atoms with Gasteiger partial charge in [-0.2, -0.15) is 0 Å².